The summed E-state index contributed by atoms with van der Waals surface area (Å²) >= 11 is 0. The lowest BCUT2D eigenvalue weighted by Crippen LogP contribution is -2.33. The molecule has 0 amide bonds. The van der Waals surface area contributed by atoms with Crippen molar-refractivity contribution in [2.45, 2.75) is 20.3 Å². The van der Waals surface area contributed by atoms with Gasteiger partial charge < -0.3 is 11.1 Å². The number of aliphatic imine (C=N–C) groups is 1. The number of nitrogens with one attached hydrogen (secondary N) is 1. The minimum Gasteiger partial charge on any atom is -0.370 e. The van der Waals surface area contributed by atoms with Crippen LogP contribution in [0.15, 0.2) is 29.3 Å². The molecular weight excluding hydrogens is 244 g/mol. The molecule has 1 aromatic rings. The first-order valence-corrected chi connectivity index (χ1v) is 6.26. The van der Waals surface area contributed by atoms with Gasteiger partial charge in [0.15, 0.2) is 5.96 Å². The number of nitrogens with two attached hydrogens (primary N) is 1. The number of nitro benzene ring substituents is 1. The van der Waals surface area contributed by atoms with Crippen LogP contribution in [0, 0.1) is 16.0 Å². The Balaban J connectivity index is 2.37. The summed E-state index contributed by atoms with van der Waals surface area (Å²) in [6.07, 6.45) is 0.746. The topological polar surface area (TPSA) is 93.5 Å². The predicted octanol–water partition coefficient (Wildman–Crippen LogP) is 1.70. The summed E-state index contributed by atoms with van der Waals surface area (Å²) in [5.41, 5.74) is 6.83. The molecule has 0 aliphatic rings. The zero-order valence-electron chi connectivity index (χ0n) is 11.3. The fourth-order valence-electron chi connectivity index (χ4n) is 1.46. The highest BCUT2D eigenvalue weighted by Gasteiger charge is 2.03. The molecule has 19 heavy (non-hydrogen) atoms. The van der Waals surface area contributed by atoms with Crippen LogP contribution < -0.4 is 11.1 Å². The molecule has 104 valence electrons. The van der Waals surface area contributed by atoms with Gasteiger partial charge in [0, 0.05) is 25.2 Å². The van der Waals surface area contributed by atoms with E-state index >= 15 is 0 Å². The van der Waals surface area contributed by atoms with E-state index in [0.29, 0.717) is 25.0 Å². The maximum atomic E-state index is 10.5. The SMILES string of the molecule is CC(C)CN=C(N)NCCc1ccc([N+](=O)[O-])cc1. The van der Waals surface area contributed by atoms with Crippen molar-refractivity contribution in [3.8, 4) is 0 Å². The van der Waals surface area contributed by atoms with Crippen LogP contribution in [0.5, 0.6) is 0 Å². The minimum atomic E-state index is -0.404. The number of rotatable bonds is 6. The summed E-state index contributed by atoms with van der Waals surface area (Å²) in [4.78, 5) is 14.3. The molecule has 0 aromatic heterocycles. The standard InChI is InChI=1S/C13H20N4O2/c1-10(2)9-16-13(14)15-8-7-11-3-5-12(6-4-11)17(18)19/h3-6,10H,7-9H2,1-2H3,(H3,14,15,16). The van der Waals surface area contributed by atoms with E-state index in [1.54, 1.807) is 12.1 Å². The van der Waals surface area contributed by atoms with Gasteiger partial charge in [0.25, 0.3) is 5.69 Å². The lowest BCUT2D eigenvalue weighted by Gasteiger charge is -2.06. The van der Waals surface area contributed by atoms with Crippen LogP contribution in [-0.4, -0.2) is 24.0 Å². The van der Waals surface area contributed by atoms with Gasteiger partial charge in [0.1, 0.15) is 0 Å². The number of hydrogen-bond donors (Lipinski definition) is 2. The van der Waals surface area contributed by atoms with Gasteiger partial charge in [-0.3, -0.25) is 15.1 Å². The van der Waals surface area contributed by atoms with Crippen molar-refractivity contribution in [3.05, 3.63) is 39.9 Å². The Morgan fingerprint density at radius 1 is 1.42 bits per heavy atom. The smallest absolute Gasteiger partial charge is 0.269 e. The molecule has 0 aliphatic carbocycles. The van der Waals surface area contributed by atoms with Gasteiger partial charge >= 0.3 is 0 Å². The van der Waals surface area contributed by atoms with E-state index in [-0.39, 0.29) is 5.69 Å². The van der Waals surface area contributed by atoms with E-state index < -0.39 is 4.92 Å². The van der Waals surface area contributed by atoms with E-state index in [2.05, 4.69) is 24.2 Å². The van der Waals surface area contributed by atoms with Crippen molar-refractivity contribution in [2.24, 2.45) is 16.6 Å². The van der Waals surface area contributed by atoms with Crippen LogP contribution in [-0.2, 0) is 6.42 Å². The predicted molar refractivity (Wildman–Crippen MR) is 76.1 cm³/mol. The van der Waals surface area contributed by atoms with Crippen molar-refractivity contribution < 1.29 is 4.92 Å². The maximum Gasteiger partial charge on any atom is 0.269 e. The summed E-state index contributed by atoms with van der Waals surface area (Å²) in [7, 11) is 0. The number of benzene rings is 1. The van der Waals surface area contributed by atoms with Crippen LogP contribution in [0.4, 0.5) is 5.69 Å². The lowest BCUT2D eigenvalue weighted by molar-refractivity contribution is -0.384. The molecule has 0 aliphatic heterocycles. The van der Waals surface area contributed by atoms with Gasteiger partial charge in [-0.25, -0.2) is 0 Å². The highest BCUT2D eigenvalue weighted by atomic mass is 16.6. The van der Waals surface area contributed by atoms with E-state index in [1.807, 2.05) is 0 Å². The zero-order valence-corrected chi connectivity index (χ0v) is 11.3. The molecule has 0 heterocycles. The van der Waals surface area contributed by atoms with E-state index in [9.17, 15) is 10.1 Å². The molecule has 6 nitrogen and oxygen atoms in total. The second kappa shape index (κ2) is 7.35. The normalized spacial score (nSPS) is 11.6. The Morgan fingerprint density at radius 2 is 2.05 bits per heavy atom. The average Bonchev–Trinajstić information content (AvgIpc) is 2.37. The van der Waals surface area contributed by atoms with Gasteiger partial charge in [-0.05, 0) is 17.9 Å². The molecule has 0 saturated carbocycles. The van der Waals surface area contributed by atoms with Crippen LogP contribution in [0.2, 0.25) is 0 Å². The van der Waals surface area contributed by atoms with Crippen molar-refractivity contribution in [1.82, 2.24) is 5.32 Å². The van der Waals surface area contributed by atoms with Gasteiger partial charge in [0.2, 0.25) is 0 Å². The van der Waals surface area contributed by atoms with Gasteiger partial charge in [-0.2, -0.15) is 0 Å². The molecule has 3 N–H and O–H groups in total. The molecule has 0 fully saturated rings. The summed E-state index contributed by atoms with van der Waals surface area (Å²) in [6, 6.07) is 6.51. The molecule has 1 rings (SSSR count). The molecule has 6 heteroatoms. The Morgan fingerprint density at radius 3 is 2.58 bits per heavy atom. The third-order valence-electron chi connectivity index (χ3n) is 2.49. The van der Waals surface area contributed by atoms with Crippen molar-refractivity contribution in [3.63, 3.8) is 0 Å². The third-order valence-corrected chi connectivity index (χ3v) is 2.49. The maximum absolute atomic E-state index is 10.5. The Labute approximate surface area is 112 Å². The molecule has 0 saturated heterocycles. The van der Waals surface area contributed by atoms with Crippen molar-refractivity contribution in [2.75, 3.05) is 13.1 Å². The van der Waals surface area contributed by atoms with E-state index in [1.165, 1.54) is 12.1 Å². The molecular formula is C13H20N4O2. The fourth-order valence-corrected chi connectivity index (χ4v) is 1.46. The largest absolute Gasteiger partial charge is 0.370 e. The van der Waals surface area contributed by atoms with E-state index in [4.69, 9.17) is 5.73 Å². The van der Waals surface area contributed by atoms with Gasteiger partial charge in [-0.1, -0.05) is 26.0 Å². The lowest BCUT2D eigenvalue weighted by atomic mass is 10.1. The monoisotopic (exact) mass is 264 g/mol. The highest BCUT2D eigenvalue weighted by molar-refractivity contribution is 5.77. The molecule has 0 unspecified atom stereocenters. The Bertz CT molecular complexity index is 440. The van der Waals surface area contributed by atoms with Crippen LogP contribution in [0.3, 0.4) is 0 Å². The molecule has 0 atom stereocenters. The Kier molecular flexibility index (Phi) is 5.78. The summed E-state index contributed by atoms with van der Waals surface area (Å²) < 4.78 is 0. The zero-order chi connectivity index (χ0) is 14.3. The first-order valence-electron chi connectivity index (χ1n) is 6.26. The number of nitrogens with zero attached hydrogens (tertiary/aromatic N) is 2. The Hall–Kier alpha value is -2.11. The van der Waals surface area contributed by atoms with Gasteiger partial charge in [-0.15, -0.1) is 0 Å². The second-order valence-corrected chi connectivity index (χ2v) is 4.72. The molecule has 0 spiro atoms. The van der Waals surface area contributed by atoms with Crippen LogP contribution >= 0.6 is 0 Å². The van der Waals surface area contributed by atoms with Crippen molar-refractivity contribution >= 4 is 11.6 Å². The number of nitro groups is 1. The van der Waals surface area contributed by atoms with Crippen molar-refractivity contribution in [1.29, 1.82) is 0 Å². The quantitative estimate of drug-likeness (QED) is 0.354. The first kappa shape index (κ1) is 14.9. The van der Waals surface area contributed by atoms with Crippen LogP contribution in [0.1, 0.15) is 19.4 Å². The molecule has 1 aromatic carbocycles. The number of non-ortho nitro benzene ring substituents is 1. The fraction of sp³-hybridized carbons (Fsp3) is 0.462. The molecule has 0 bridgehead atoms. The molecule has 0 radical (unpaired) electrons. The summed E-state index contributed by atoms with van der Waals surface area (Å²) in [6.45, 7) is 5.52. The first-order chi connectivity index (χ1) is 8.99. The summed E-state index contributed by atoms with van der Waals surface area (Å²) in [5.74, 6) is 0.922. The number of hydrogen-bond acceptors (Lipinski definition) is 3. The summed E-state index contributed by atoms with van der Waals surface area (Å²) in [5, 5.41) is 13.5. The second-order valence-electron chi connectivity index (χ2n) is 4.72. The van der Waals surface area contributed by atoms with Crippen LogP contribution in [0.25, 0.3) is 0 Å². The third kappa shape index (κ3) is 5.85. The van der Waals surface area contributed by atoms with Gasteiger partial charge in [0.05, 0.1) is 4.92 Å². The van der Waals surface area contributed by atoms with E-state index in [0.717, 1.165) is 12.0 Å². The average molecular weight is 264 g/mol. The minimum absolute atomic E-state index is 0.106. The highest BCUT2D eigenvalue weighted by Crippen LogP contribution is 2.11. The number of guanidine groups is 1.